The number of ether oxygens (including phenoxy) is 1. The number of para-hydroxylation sites is 1. The summed E-state index contributed by atoms with van der Waals surface area (Å²) in [5.74, 6) is 0.548. The summed E-state index contributed by atoms with van der Waals surface area (Å²) in [5.41, 5.74) is 2.37. The number of hydrogen-bond acceptors (Lipinski definition) is 5. The largest absolute Gasteiger partial charge is 0.412 e. The van der Waals surface area contributed by atoms with Gasteiger partial charge in [-0.15, -0.1) is 0 Å². The van der Waals surface area contributed by atoms with Gasteiger partial charge < -0.3 is 19.9 Å². The Morgan fingerprint density at radius 2 is 1.68 bits per heavy atom. The van der Waals surface area contributed by atoms with Gasteiger partial charge in [0.1, 0.15) is 5.75 Å². The molecule has 1 atom stereocenters. The average molecular weight is 383 g/mol. The van der Waals surface area contributed by atoms with Gasteiger partial charge >= 0.3 is 6.09 Å². The molecule has 0 aliphatic carbocycles. The van der Waals surface area contributed by atoms with Gasteiger partial charge in [0, 0.05) is 52.5 Å². The predicted octanol–water partition coefficient (Wildman–Crippen LogP) is 2.83. The lowest BCUT2D eigenvalue weighted by atomic mass is 10.0. The van der Waals surface area contributed by atoms with Gasteiger partial charge in [-0.05, 0) is 36.9 Å². The molecule has 0 aromatic heterocycles. The summed E-state index contributed by atoms with van der Waals surface area (Å²) >= 11 is 0. The van der Waals surface area contributed by atoms with Crippen molar-refractivity contribution in [3.8, 4) is 5.75 Å². The maximum Gasteiger partial charge on any atom is 0.412 e. The number of benzene rings is 2. The van der Waals surface area contributed by atoms with E-state index in [1.807, 2.05) is 32.3 Å². The van der Waals surface area contributed by atoms with E-state index in [4.69, 9.17) is 4.74 Å². The third-order valence-corrected chi connectivity index (χ3v) is 5.17. The molecule has 1 heterocycles. The molecule has 28 heavy (non-hydrogen) atoms. The van der Waals surface area contributed by atoms with Crippen LogP contribution in [0, 0.1) is 0 Å². The second kappa shape index (κ2) is 9.57. The topological polar surface area (TPSA) is 48.1 Å². The smallest absolute Gasteiger partial charge is 0.410 e. The van der Waals surface area contributed by atoms with Crippen molar-refractivity contribution in [2.75, 3.05) is 58.8 Å². The molecule has 2 aromatic carbocycles. The maximum absolute atomic E-state index is 12.3. The third kappa shape index (κ3) is 5.47. The zero-order chi connectivity index (χ0) is 19.9. The highest BCUT2D eigenvalue weighted by Gasteiger charge is 2.24. The van der Waals surface area contributed by atoms with E-state index in [2.05, 4.69) is 51.3 Å². The SMILES string of the molecule is CN1CCN([C@@H](CNC(=O)Oc2ccccc2)c2ccc(N(C)C)cc2)CC1. The van der Waals surface area contributed by atoms with Crippen LogP contribution in [0.15, 0.2) is 54.6 Å². The molecule has 150 valence electrons. The van der Waals surface area contributed by atoms with Crippen molar-refractivity contribution in [2.45, 2.75) is 6.04 Å². The van der Waals surface area contributed by atoms with E-state index < -0.39 is 6.09 Å². The molecule has 0 spiro atoms. The van der Waals surface area contributed by atoms with E-state index in [1.165, 1.54) is 5.56 Å². The molecule has 3 rings (SSSR count). The van der Waals surface area contributed by atoms with E-state index in [1.54, 1.807) is 12.1 Å². The number of anilines is 1. The molecule has 2 aromatic rings. The normalized spacial score (nSPS) is 16.4. The molecule has 0 unspecified atom stereocenters. The molecular formula is C22H30N4O2. The molecule has 1 amide bonds. The second-order valence-corrected chi connectivity index (χ2v) is 7.42. The van der Waals surface area contributed by atoms with Crippen LogP contribution in [0.2, 0.25) is 0 Å². The molecule has 1 fully saturated rings. The van der Waals surface area contributed by atoms with Crippen molar-refractivity contribution in [3.63, 3.8) is 0 Å². The lowest BCUT2D eigenvalue weighted by Gasteiger charge is -2.38. The summed E-state index contributed by atoms with van der Waals surface area (Å²) in [6.45, 7) is 4.52. The minimum Gasteiger partial charge on any atom is -0.410 e. The van der Waals surface area contributed by atoms with Gasteiger partial charge in [0.05, 0.1) is 6.04 Å². The Bertz CT molecular complexity index is 741. The summed E-state index contributed by atoms with van der Waals surface area (Å²) in [4.78, 5) is 19.1. The van der Waals surface area contributed by atoms with Gasteiger partial charge in [-0.3, -0.25) is 4.90 Å². The van der Waals surface area contributed by atoms with Crippen LogP contribution in [-0.2, 0) is 0 Å². The van der Waals surface area contributed by atoms with Crippen molar-refractivity contribution < 1.29 is 9.53 Å². The zero-order valence-corrected chi connectivity index (χ0v) is 17.0. The monoisotopic (exact) mass is 382 g/mol. The fraction of sp³-hybridized carbons (Fsp3) is 0.409. The Morgan fingerprint density at radius 1 is 1.04 bits per heavy atom. The molecular weight excluding hydrogens is 352 g/mol. The van der Waals surface area contributed by atoms with E-state index in [9.17, 15) is 4.79 Å². The summed E-state index contributed by atoms with van der Waals surface area (Å²) in [5, 5.41) is 2.95. The summed E-state index contributed by atoms with van der Waals surface area (Å²) < 4.78 is 5.37. The van der Waals surface area contributed by atoms with E-state index in [0.717, 1.165) is 31.9 Å². The number of rotatable bonds is 6. The number of carbonyl (C=O) groups excluding carboxylic acids is 1. The predicted molar refractivity (Wildman–Crippen MR) is 113 cm³/mol. The molecule has 6 nitrogen and oxygen atoms in total. The number of amides is 1. The van der Waals surface area contributed by atoms with Crippen LogP contribution in [0.4, 0.5) is 10.5 Å². The lowest BCUT2D eigenvalue weighted by Crippen LogP contribution is -2.48. The van der Waals surface area contributed by atoms with Gasteiger partial charge in [-0.2, -0.15) is 0 Å². The molecule has 0 bridgehead atoms. The molecule has 1 aliphatic heterocycles. The van der Waals surface area contributed by atoms with Crippen LogP contribution >= 0.6 is 0 Å². The van der Waals surface area contributed by atoms with Gasteiger partial charge in [0.25, 0.3) is 0 Å². The zero-order valence-electron chi connectivity index (χ0n) is 17.0. The van der Waals surface area contributed by atoms with Gasteiger partial charge in [0.15, 0.2) is 0 Å². The molecule has 0 radical (unpaired) electrons. The number of likely N-dealkylation sites (N-methyl/N-ethyl adjacent to an activating group) is 1. The van der Waals surface area contributed by atoms with E-state index >= 15 is 0 Å². The first-order chi connectivity index (χ1) is 13.5. The van der Waals surface area contributed by atoms with Gasteiger partial charge in [-0.25, -0.2) is 4.79 Å². The van der Waals surface area contributed by atoms with Crippen molar-refractivity contribution >= 4 is 11.8 Å². The lowest BCUT2D eigenvalue weighted by molar-refractivity contribution is 0.109. The van der Waals surface area contributed by atoms with E-state index in [-0.39, 0.29) is 6.04 Å². The van der Waals surface area contributed by atoms with Crippen LogP contribution in [0.5, 0.6) is 5.75 Å². The van der Waals surface area contributed by atoms with Crippen molar-refractivity contribution in [1.82, 2.24) is 15.1 Å². The maximum atomic E-state index is 12.3. The summed E-state index contributed by atoms with van der Waals surface area (Å²) in [6, 6.07) is 17.8. The van der Waals surface area contributed by atoms with Gasteiger partial charge in [-0.1, -0.05) is 30.3 Å². The Hall–Kier alpha value is -2.57. The first-order valence-corrected chi connectivity index (χ1v) is 9.73. The fourth-order valence-electron chi connectivity index (χ4n) is 3.40. The summed E-state index contributed by atoms with van der Waals surface area (Å²) in [6.07, 6.45) is -0.421. The first-order valence-electron chi connectivity index (χ1n) is 9.73. The Kier molecular flexibility index (Phi) is 6.90. The molecule has 1 saturated heterocycles. The number of nitrogens with one attached hydrogen (secondary N) is 1. The summed E-state index contributed by atoms with van der Waals surface area (Å²) in [7, 11) is 6.22. The molecule has 0 saturated carbocycles. The van der Waals surface area contributed by atoms with Crippen LogP contribution in [0.1, 0.15) is 11.6 Å². The molecule has 1 N–H and O–H groups in total. The van der Waals surface area contributed by atoms with Crippen LogP contribution in [0.25, 0.3) is 0 Å². The Morgan fingerprint density at radius 3 is 2.29 bits per heavy atom. The van der Waals surface area contributed by atoms with Crippen molar-refractivity contribution in [3.05, 3.63) is 60.2 Å². The van der Waals surface area contributed by atoms with Crippen molar-refractivity contribution in [2.24, 2.45) is 0 Å². The second-order valence-electron chi connectivity index (χ2n) is 7.42. The molecule has 1 aliphatic rings. The van der Waals surface area contributed by atoms with E-state index in [0.29, 0.717) is 12.3 Å². The van der Waals surface area contributed by atoms with Crippen LogP contribution in [-0.4, -0.2) is 69.8 Å². The quantitative estimate of drug-likeness (QED) is 0.833. The third-order valence-electron chi connectivity index (χ3n) is 5.17. The average Bonchev–Trinajstić information content (AvgIpc) is 2.70. The Labute approximate surface area is 167 Å². The number of carbonyl (C=O) groups is 1. The number of hydrogen-bond donors (Lipinski definition) is 1. The van der Waals surface area contributed by atoms with Gasteiger partial charge in [0.2, 0.25) is 0 Å². The highest BCUT2D eigenvalue weighted by Crippen LogP contribution is 2.24. The minimum absolute atomic E-state index is 0.119. The number of nitrogens with zero attached hydrogens (tertiary/aromatic N) is 3. The highest BCUT2D eigenvalue weighted by atomic mass is 16.6. The first kappa shape index (κ1) is 20.2. The standard InChI is InChI=1S/C22H30N4O2/c1-24(2)19-11-9-18(10-12-19)21(26-15-13-25(3)14-16-26)17-23-22(27)28-20-7-5-4-6-8-20/h4-12,21H,13-17H2,1-3H3,(H,23,27)/t21-/m0/s1. The minimum atomic E-state index is -0.421. The number of piperazine rings is 1. The van der Waals surface area contributed by atoms with Crippen LogP contribution in [0.3, 0.4) is 0 Å². The van der Waals surface area contributed by atoms with Crippen molar-refractivity contribution in [1.29, 1.82) is 0 Å². The Balaban J connectivity index is 1.68. The highest BCUT2D eigenvalue weighted by molar-refractivity contribution is 5.70. The molecule has 6 heteroatoms. The van der Waals surface area contributed by atoms with Crippen LogP contribution < -0.4 is 15.0 Å². The fourth-order valence-corrected chi connectivity index (χ4v) is 3.40.